The third-order valence-electron chi connectivity index (χ3n) is 2.54. The molecule has 5 nitrogen and oxygen atoms in total. The van der Waals surface area contributed by atoms with E-state index in [1.54, 1.807) is 6.07 Å². The predicted octanol–water partition coefficient (Wildman–Crippen LogP) is 2.43. The highest BCUT2D eigenvalue weighted by Crippen LogP contribution is 2.18. The Morgan fingerprint density at radius 3 is 2.00 bits per heavy atom. The van der Waals surface area contributed by atoms with Crippen molar-refractivity contribution in [1.82, 2.24) is 0 Å². The largest absolute Gasteiger partial charge is 0.507 e. The van der Waals surface area contributed by atoms with Crippen LogP contribution in [0.1, 0.15) is 11.1 Å². The Balaban J connectivity index is 0.000000295. The molecule has 0 fully saturated rings. The Morgan fingerprint density at radius 1 is 0.909 bits per heavy atom. The maximum Gasteiger partial charge on any atom is 0.267 e. The van der Waals surface area contributed by atoms with Crippen LogP contribution >= 0.6 is 0 Å². The van der Waals surface area contributed by atoms with Gasteiger partial charge in [-0.25, -0.2) is 0 Å². The van der Waals surface area contributed by atoms with Crippen LogP contribution < -0.4 is 0 Å². The van der Waals surface area contributed by atoms with Crippen LogP contribution in [0, 0.1) is 0 Å². The molecular formula is C16H18O5S. The molecule has 6 heteroatoms. The zero-order valence-electron chi connectivity index (χ0n) is 11.8. The molecule has 0 aliphatic rings. The van der Waals surface area contributed by atoms with E-state index in [-0.39, 0.29) is 0 Å². The molecule has 0 aliphatic heterocycles. The molecule has 22 heavy (non-hydrogen) atoms. The maximum atomic E-state index is 9.63. The lowest BCUT2D eigenvalue weighted by Gasteiger charge is -1.97. The highest BCUT2D eigenvalue weighted by molar-refractivity contribution is 7.85. The van der Waals surface area contributed by atoms with Gasteiger partial charge >= 0.3 is 0 Å². The summed E-state index contributed by atoms with van der Waals surface area (Å²) in [5, 5.41) is 17.4. The minimum atomic E-state index is -3.92. The van der Waals surface area contributed by atoms with Gasteiger partial charge in [0.25, 0.3) is 10.1 Å². The Morgan fingerprint density at radius 2 is 1.50 bits per heavy atom. The zero-order chi connectivity index (χ0) is 16.4. The van der Waals surface area contributed by atoms with Crippen molar-refractivity contribution in [1.29, 1.82) is 0 Å². The van der Waals surface area contributed by atoms with E-state index in [0.29, 0.717) is 5.75 Å². The average molecular weight is 322 g/mol. The molecule has 0 atom stereocenters. The highest BCUT2D eigenvalue weighted by Gasteiger charge is 1.99. The summed E-state index contributed by atoms with van der Waals surface area (Å²) in [6, 6.07) is 17.3. The second-order valence-electron chi connectivity index (χ2n) is 4.31. The van der Waals surface area contributed by atoms with Gasteiger partial charge in [0.15, 0.2) is 0 Å². The monoisotopic (exact) mass is 322 g/mol. The standard InChI is InChI=1S/C14H12O.C2H6O4S/c15-14-9-5-4-8-13(14)11-10-12-6-2-1-3-7-12;3-1-2-7(4,5)6/h1-11,15H;3H,1-2H2,(H,4,5,6). The van der Waals surface area contributed by atoms with E-state index in [4.69, 9.17) is 9.66 Å². The van der Waals surface area contributed by atoms with Crippen LogP contribution in [-0.4, -0.2) is 35.5 Å². The van der Waals surface area contributed by atoms with Crippen molar-refractivity contribution in [3.05, 3.63) is 65.7 Å². The fourth-order valence-corrected chi connectivity index (χ4v) is 1.72. The minimum Gasteiger partial charge on any atom is -0.507 e. The predicted molar refractivity (Wildman–Crippen MR) is 87.0 cm³/mol. The first-order chi connectivity index (χ1) is 10.4. The smallest absolute Gasteiger partial charge is 0.267 e. The van der Waals surface area contributed by atoms with Gasteiger partial charge < -0.3 is 10.2 Å². The number of phenolic OH excluding ortho intramolecular Hbond substituents is 1. The number of aromatic hydroxyl groups is 1. The average Bonchev–Trinajstić information content (AvgIpc) is 2.47. The van der Waals surface area contributed by atoms with E-state index >= 15 is 0 Å². The second-order valence-corrected chi connectivity index (χ2v) is 5.88. The summed E-state index contributed by atoms with van der Waals surface area (Å²) < 4.78 is 27.1. The van der Waals surface area contributed by atoms with Gasteiger partial charge in [0.05, 0.1) is 12.4 Å². The Hall–Kier alpha value is -2.15. The third-order valence-corrected chi connectivity index (χ3v) is 3.24. The number of hydrogen-bond acceptors (Lipinski definition) is 4. The SMILES string of the molecule is O=S(=O)(O)CCO.Oc1ccccc1C=Cc1ccccc1. The van der Waals surface area contributed by atoms with Gasteiger partial charge in [-0.05, 0) is 11.6 Å². The van der Waals surface area contributed by atoms with Crippen LogP contribution in [0.5, 0.6) is 5.75 Å². The summed E-state index contributed by atoms with van der Waals surface area (Å²) in [5.74, 6) is -0.266. The molecule has 0 radical (unpaired) electrons. The van der Waals surface area contributed by atoms with Crippen molar-refractivity contribution in [2.75, 3.05) is 12.4 Å². The number of benzene rings is 2. The molecule has 2 rings (SSSR count). The molecule has 0 bridgehead atoms. The van der Waals surface area contributed by atoms with Crippen LogP contribution in [0.25, 0.3) is 12.2 Å². The van der Waals surface area contributed by atoms with Gasteiger partial charge in [-0.3, -0.25) is 4.55 Å². The molecule has 0 saturated carbocycles. The summed E-state index contributed by atoms with van der Waals surface area (Å²) in [5.41, 5.74) is 1.96. The van der Waals surface area contributed by atoms with Crippen LogP contribution in [-0.2, 0) is 10.1 Å². The molecule has 0 spiro atoms. The van der Waals surface area contributed by atoms with E-state index in [0.717, 1.165) is 11.1 Å². The molecule has 2 aromatic carbocycles. The van der Waals surface area contributed by atoms with E-state index in [1.165, 1.54) is 0 Å². The Bertz CT molecular complexity index is 693. The fourth-order valence-electron chi connectivity index (χ4n) is 1.49. The lowest BCUT2D eigenvalue weighted by molar-refractivity contribution is 0.315. The van der Waals surface area contributed by atoms with Gasteiger partial charge in [-0.1, -0.05) is 60.7 Å². The fraction of sp³-hybridized carbons (Fsp3) is 0.125. The number of aliphatic hydroxyl groups is 1. The molecule has 0 saturated heterocycles. The number of rotatable bonds is 4. The molecule has 0 aromatic heterocycles. The number of phenols is 1. The van der Waals surface area contributed by atoms with Crippen molar-refractivity contribution < 1.29 is 23.2 Å². The van der Waals surface area contributed by atoms with Gasteiger partial charge in [0, 0.05) is 5.56 Å². The lowest BCUT2D eigenvalue weighted by Crippen LogP contribution is -2.06. The van der Waals surface area contributed by atoms with Crippen molar-refractivity contribution >= 4 is 22.3 Å². The molecule has 0 unspecified atom stereocenters. The van der Waals surface area contributed by atoms with Crippen molar-refractivity contribution in [2.45, 2.75) is 0 Å². The quantitative estimate of drug-likeness (QED) is 0.593. The number of hydrogen-bond donors (Lipinski definition) is 3. The van der Waals surface area contributed by atoms with Crippen LogP contribution in [0.2, 0.25) is 0 Å². The van der Waals surface area contributed by atoms with Crippen molar-refractivity contribution in [2.24, 2.45) is 0 Å². The van der Waals surface area contributed by atoms with Gasteiger partial charge in [0.1, 0.15) is 5.75 Å². The first-order valence-electron chi connectivity index (χ1n) is 6.49. The van der Waals surface area contributed by atoms with E-state index in [9.17, 15) is 13.5 Å². The van der Waals surface area contributed by atoms with Crippen LogP contribution in [0.3, 0.4) is 0 Å². The molecule has 0 amide bonds. The minimum absolute atomic E-state index is 0.310. The third kappa shape index (κ3) is 7.58. The summed E-state index contributed by atoms with van der Waals surface area (Å²) in [4.78, 5) is 0. The van der Waals surface area contributed by atoms with Gasteiger partial charge in [-0.2, -0.15) is 8.42 Å². The first-order valence-corrected chi connectivity index (χ1v) is 8.10. The van der Waals surface area contributed by atoms with E-state index in [1.807, 2.05) is 60.7 Å². The van der Waals surface area contributed by atoms with Crippen molar-refractivity contribution in [3.8, 4) is 5.75 Å². The van der Waals surface area contributed by atoms with Crippen molar-refractivity contribution in [3.63, 3.8) is 0 Å². The van der Waals surface area contributed by atoms with Gasteiger partial charge in [-0.15, -0.1) is 0 Å². The topological polar surface area (TPSA) is 94.8 Å². The number of para-hydroxylation sites is 1. The number of aliphatic hydroxyl groups excluding tert-OH is 1. The van der Waals surface area contributed by atoms with Crippen LogP contribution in [0.4, 0.5) is 0 Å². The molecular weight excluding hydrogens is 304 g/mol. The van der Waals surface area contributed by atoms with E-state index in [2.05, 4.69) is 0 Å². The summed E-state index contributed by atoms with van der Waals surface area (Å²) in [6.45, 7) is -0.529. The lowest BCUT2D eigenvalue weighted by atomic mass is 10.1. The van der Waals surface area contributed by atoms with E-state index < -0.39 is 22.5 Å². The summed E-state index contributed by atoms with van der Waals surface area (Å²) in [6.07, 6.45) is 3.89. The summed E-state index contributed by atoms with van der Waals surface area (Å²) in [7, 11) is -3.92. The second kappa shape index (κ2) is 8.99. The Labute approximate surface area is 129 Å². The highest BCUT2D eigenvalue weighted by atomic mass is 32.2. The Kier molecular flexibility index (Phi) is 7.31. The maximum absolute atomic E-state index is 9.63. The molecule has 118 valence electrons. The first kappa shape index (κ1) is 17.9. The van der Waals surface area contributed by atoms with Gasteiger partial charge in [0.2, 0.25) is 0 Å². The normalized spacial score (nSPS) is 11.0. The molecule has 3 N–H and O–H groups in total. The summed E-state index contributed by atoms with van der Waals surface area (Å²) >= 11 is 0. The molecule has 0 aliphatic carbocycles. The van der Waals surface area contributed by atoms with Crippen LogP contribution in [0.15, 0.2) is 54.6 Å². The molecule has 2 aromatic rings. The zero-order valence-corrected chi connectivity index (χ0v) is 12.6. The molecule has 0 heterocycles.